The maximum atomic E-state index is 4.55. The summed E-state index contributed by atoms with van der Waals surface area (Å²) in [5.74, 6) is 1.22. The Labute approximate surface area is 165 Å². The van der Waals surface area contributed by atoms with E-state index < -0.39 is 0 Å². The third kappa shape index (κ3) is 4.23. The van der Waals surface area contributed by atoms with E-state index >= 15 is 0 Å². The molecule has 0 spiro atoms. The highest BCUT2D eigenvalue weighted by Crippen LogP contribution is 2.26. The lowest BCUT2D eigenvalue weighted by molar-refractivity contribution is 1.07. The van der Waals surface area contributed by atoms with Gasteiger partial charge >= 0.3 is 0 Å². The molecule has 0 saturated carbocycles. The van der Waals surface area contributed by atoms with Gasteiger partial charge in [0.05, 0.1) is 17.4 Å². The normalized spacial score (nSPS) is 10.1. The third-order valence-corrected chi connectivity index (χ3v) is 4.18. The maximum Gasteiger partial charge on any atom is 0.229 e. The standard InChI is InChI=1S/C20H18N6.C2H6/c1-13-6-3-4-9-16(13)24-20-21-11-10-18(25-20)23-17-12-22-26-19-14(2)7-5-8-15(17)19;1-2/h3-12H,1-2H3,(H2,21,23,24,25,26);1-2H3. The smallest absolute Gasteiger partial charge is 0.229 e. The molecular formula is C22H24N6. The van der Waals surface area contributed by atoms with Crippen molar-refractivity contribution in [2.75, 3.05) is 10.6 Å². The van der Waals surface area contributed by atoms with E-state index in [1.165, 1.54) is 0 Å². The maximum absolute atomic E-state index is 4.55. The van der Waals surface area contributed by atoms with E-state index in [1.54, 1.807) is 12.4 Å². The Bertz CT molecular complexity index is 1080. The van der Waals surface area contributed by atoms with Crippen LogP contribution in [0, 0.1) is 13.8 Å². The summed E-state index contributed by atoms with van der Waals surface area (Å²) in [6.45, 7) is 8.07. The zero-order valence-corrected chi connectivity index (χ0v) is 16.6. The first kappa shape index (κ1) is 19.2. The van der Waals surface area contributed by atoms with Gasteiger partial charge in [-0.2, -0.15) is 15.2 Å². The molecule has 4 rings (SSSR count). The Kier molecular flexibility index (Phi) is 6.11. The lowest BCUT2D eigenvalue weighted by Crippen LogP contribution is -2.02. The van der Waals surface area contributed by atoms with Gasteiger partial charge < -0.3 is 10.6 Å². The number of nitrogens with one attached hydrogen (secondary N) is 2. The van der Waals surface area contributed by atoms with E-state index in [0.717, 1.165) is 33.4 Å². The summed E-state index contributed by atoms with van der Waals surface area (Å²) in [5, 5.41) is 15.9. The molecule has 0 fully saturated rings. The molecule has 2 aromatic carbocycles. The van der Waals surface area contributed by atoms with E-state index in [1.807, 2.05) is 76.2 Å². The highest BCUT2D eigenvalue weighted by Gasteiger charge is 2.07. The van der Waals surface area contributed by atoms with Gasteiger partial charge in [-0.15, -0.1) is 0 Å². The molecule has 2 heterocycles. The molecule has 2 aromatic heterocycles. The Morgan fingerprint density at radius 1 is 0.786 bits per heavy atom. The van der Waals surface area contributed by atoms with Crippen LogP contribution in [-0.2, 0) is 0 Å². The topological polar surface area (TPSA) is 75.6 Å². The predicted molar refractivity (Wildman–Crippen MR) is 115 cm³/mol. The fraction of sp³-hybridized carbons (Fsp3) is 0.182. The van der Waals surface area contributed by atoms with Crippen molar-refractivity contribution in [3.05, 3.63) is 72.1 Å². The van der Waals surface area contributed by atoms with Gasteiger partial charge in [0.1, 0.15) is 5.82 Å². The van der Waals surface area contributed by atoms with Crippen LogP contribution >= 0.6 is 0 Å². The minimum atomic E-state index is 0.534. The number of fused-ring (bicyclic) bond motifs is 1. The van der Waals surface area contributed by atoms with Gasteiger partial charge in [-0.3, -0.25) is 0 Å². The molecular weight excluding hydrogens is 348 g/mol. The van der Waals surface area contributed by atoms with E-state index in [-0.39, 0.29) is 0 Å². The molecule has 0 aliphatic rings. The minimum absolute atomic E-state index is 0.534. The van der Waals surface area contributed by atoms with Crippen LogP contribution in [0.15, 0.2) is 60.9 Å². The second-order valence-electron chi connectivity index (χ2n) is 6.06. The molecule has 6 nitrogen and oxygen atoms in total. The average Bonchev–Trinajstić information content (AvgIpc) is 2.72. The van der Waals surface area contributed by atoms with Gasteiger partial charge in [0.15, 0.2) is 0 Å². The molecule has 4 aromatic rings. The van der Waals surface area contributed by atoms with Gasteiger partial charge in [0.25, 0.3) is 0 Å². The van der Waals surface area contributed by atoms with Crippen LogP contribution in [-0.4, -0.2) is 20.2 Å². The summed E-state index contributed by atoms with van der Waals surface area (Å²) in [5.41, 5.74) is 4.94. The van der Waals surface area contributed by atoms with Crippen molar-refractivity contribution >= 4 is 34.0 Å². The molecule has 0 unspecified atom stereocenters. The first-order valence-corrected chi connectivity index (χ1v) is 9.34. The van der Waals surface area contributed by atoms with Crippen LogP contribution < -0.4 is 10.6 Å². The molecule has 0 atom stereocenters. The summed E-state index contributed by atoms with van der Waals surface area (Å²) in [6, 6.07) is 15.9. The van der Waals surface area contributed by atoms with E-state index in [4.69, 9.17) is 0 Å². The molecule has 0 aliphatic carbocycles. The summed E-state index contributed by atoms with van der Waals surface area (Å²) in [7, 11) is 0. The van der Waals surface area contributed by atoms with Crippen LogP contribution in [0.5, 0.6) is 0 Å². The lowest BCUT2D eigenvalue weighted by Gasteiger charge is -2.11. The van der Waals surface area contributed by atoms with Crippen molar-refractivity contribution in [1.29, 1.82) is 0 Å². The highest BCUT2D eigenvalue weighted by molar-refractivity contribution is 5.93. The minimum Gasteiger partial charge on any atom is -0.338 e. The molecule has 0 amide bonds. The van der Waals surface area contributed by atoms with Crippen LogP contribution in [0.4, 0.5) is 23.1 Å². The number of hydrogen-bond acceptors (Lipinski definition) is 6. The largest absolute Gasteiger partial charge is 0.338 e. The molecule has 28 heavy (non-hydrogen) atoms. The van der Waals surface area contributed by atoms with Gasteiger partial charge in [0, 0.05) is 17.3 Å². The summed E-state index contributed by atoms with van der Waals surface area (Å²) in [6.07, 6.45) is 3.43. The molecule has 2 N–H and O–H groups in total. The van der Waals surface area contributed by atoms with Gasteiger partial charge in [-0.25, -0.2) is 4.98 Å². The molecule has 6 heteroatoms. The van der Waals surface area contributed by atoms with Crippen molar-refractivity contribution in [1.82, 2.24) is 20.2 Å². The number of anilines is 4. The van der Waals surface area contributed by atoms with Crippen molar-refractivity contribution in [3.63, 3.8) is 0 Å². The van der Waals surface area contributed by atoms with E-state index in [0.29, 0.717) is 11.8 Å². The lowest BCUT2D eigenvalue weighted by atomic mass is 10.1. The summed E-state index contributed by atoms with van der Waals surface area (Å²) < 4.78 is 0. The molecule has 0 bridgehead atoms. The Hall–Kier alpha value is -3.54. The molecule has 0 saturated heterocycles. The predicted octanol–water partition coefficient (Wildman–Crippen LogP) is 5.55. The fourth-order valence-corrected chi connectivity index (χ4v) is 2.78. The van der Waals surface area contributed by atoms with Crippen molar-refractivity contribution in [2.24, 2.45) is 0 Å². The van der Waals surface area contributed by atoms with Gasteiger partial charge in [-0.05, 0) is 37.1 Å². The first-order valence-electron chi connectivity index (χ1n) is 9.34. The fourth-order valence-electron chi connectivity index (χ4n) is 2.78. The number of benzene rings is 2. The second-order valence-corrected chi connectivity index (χ2v) is 6.06. The Morgan fingerprint density at radius 2 is 1.57 bits per heavy atom. The van der Waals surface area contributed by atoms with Crippen molar-refractivity contribution in [2.45, 2.75) is 27.7 Å². The Morgan fingerprint density at radius 3 is 2.39 bits per heavy atom. The quantitative estimate of drug-likeness (QED) is 0.489. The van der Waals surface area contributed by atoms with Gasteiger partial charge in [-0.1, -0.05) is 50.2 Å². The zero-order chi connectivity index (χ0) is 19.9. The van der Waals surface area contributed by atoms with Crippen molar-refractivity contribution in [3.8, 4) is 0 Å². The molecule has 0 aliphatic heterocycles. The van der Waals surface area contributed by atoms with Crippen molar-refractivity contribution < 1.29 is 0 Å². The van der Waals surface area contributed by atoms with Crippen LogP contribution in [0.1, 0.15) is 25.0 Å². The van der Waals surface area contributed by atoms with Gasteiger partial charge in [0.2, 0.25) is 5.95 Å². The number of aryl methyl sites for hydroxylation is 2. The number of aromatic nitrogens is 4. The number of rotatable bonds is 4. The number of nitrogens with zero attached hydrogens (tertiary/aromatic N) is 4. The first-order chi connectivity index (χ1) is 13.7. The summed E-state index contributed by atoms with van der Waals surface area (Å²) >= 11 is 0. The highest BCUT2D eigenvalue weighted by atomic mass is 15.2. The Balaban J connectivity index is 0.00000109. The zero-order valence-electron chi connectivity index (χ0n) is 16.6. The number of hydrogen-bond donors (Lipinski definition) is 2. The molecule has 0 radical (unpaired) electrons. The SMILES string of the molecule is CC.Cc1ccccc1Nc1nccc(Nc2cnnc3c(C)cccc23)n1. The monoisotopic (exact) mass is 372 g/mol. The second kappa shape index (κ2) is 8.90. The summed E-state index contributed by atoms with van der Waals surface area (Å²) in [4.78, 5) is 8.86. The number of para-hydroxylation sites is 1. The third-order valence-electron chi connectivity index (χ3n) is 4.18. The molecule has 142 valence electrons. The van der Waals surface area contributed by atoms with Crippen LogP contribution in [0.25, 0.3) is 10.9 Å². The van der Waals surface area contributed by atoms with Crippen LogP contribution in [0.2, 0.25) is 0 Å². The van der Waals surface area contributed by atoms with E-state index in [2.05, 4.69) is 30.8 Å². The van der Waals surface area contributed by atoms with E-state index in [9.17, 15) is 0 Å². The van der Waals surface area contributed by atoms with Crippen LogP contribution in [0.3, 0.4) is 0 Å². The average molecular weight is 372 g/mol.